The van der Waals surface area contributed by atoms with Gasteiger partial charge in [-0.1, -0.05) is 41.9 Å². The van der Waals surface area contributed by atoms with Crippen LogP contribution in [0.1, 0.15) is 22.5 Å². The molecule has 0 fully saturated rings. The summed E-state index contributed by atoms with van der Waals surface area (Å²) < 4.78 is 40.2. The Morgan fingerprint density at radius 3 is 2.38 bits per heavy atom. The summed E-state index contributed by atoms with van der Waals surface area (Å²) in [5.74, 6) is -1.06. The Morgan fingerprint density at radius 1 is 0.966 bits per heavy atom. The number of pyridine rings is 1. The van der Waals surface area contributed by atoms with Gasteiger partial charge in [-0.3, -0.25) is 4.40 Å². The van der Waals surface area contributed by atoms with E-state index in [4.69, 9.17) is 11.6 Å². The number of nitrogens with zero attached hydrogens (tertiary/aromatic N) is 4. The number of alkyl halides is 3. The van der Waals surface area contributed by atoms with Crippen LogP contribution in [-0.4, -0.2) is 14.6 Å². The lowest BCUT2D eigenvalue weighted by atomic mass is 9.98. The summed E-state index contributed by atoms with van der Waals surface area (Å²) in [4.78, 5) is 0. The van der Waals surface area contributed by atoms with Gasteiger partial charge in [-0.2, -0.15) is 18.4 Å². The summed E-state index contributed by atoms with van der Waals surface area (Å²) in [5.41, 5.74) is 3.83. The monoisotopic (exact) mass is 412 g/mol. The molecule has 144 valence electrons. The minimum absolute atomic E-state index is 0.129. The summed E-state index contributed by atoms with van der Waals surface area (Å²) in [6, 6.07) is 17.9. The van der Waals surface area contributed by atoms with Crippen LogP contribution in [0.3, 0.4) is 0 Å². The zero-order chi connectivity index (χ0) is 20.6. The maximum absolute atomic E-state index is 13.1. The molecule has 0 atom stereocenters. The van der Waals surface area contributed by atoms with Crippen LogP contribution >= 0.6 is 11.6 Å². The summed E-state index contributed by atoms with van der Waals surface area (Å²) in [6.07, 6.45) is -2.66. The van der Waals surface area contributed by atoms with Crippen LogP contribution in [-0.2, 0) is 12.6 Å². The molecule has 2 aromatic carbocycles. The van der Waals surface area contributed by atoms with E-state index in [1.54, 1.807) is 18.2 Å². The van der Waals surface area contributed by atoms with Gasteiger partial charge in [0.25, 0.3) is 0 Å². The molecule has 0 radical (unpaired) electrons. The molecule has 0 saturated carbocycles. The van der Waals surface area contributed by atoms with Crippen molar-refractivity contribution in [2.24, 2.45) is 0 Å². The Kier molecular flexibility index (Phi) is 4.73. The largest absolute Gasteiger partial charge is 0.452 e. The molecular formula is C21H12ClF3N4. The molecule has 0 bridgehead atoms. The molecule has 2 heterocycles. The average Bonchev–Trinajstić information content (AvgIpc) is 3.13. The van der Waals surface area contributed by atoms with Gasteiger partial charge in [0.05, 0.1) is 11.6 Å². The average molecular weight is 413 g/mol. The van der Waals surface area contributed by atoms with Crippen LogP contribution in [0.25, 0.3) is 16.8 Å². The first-order valence-electron chi connectivity index (χ1n) is 8.55. The van der Waals surface area contributed by atoms with Crippen molar-refractivity contribution in [2.75, 3.05) is 0 Å². The van der Waals surface area contributed by atoms with Gasteiger partial charge in [0.15, 0.2) is 5.65 Å². The smallest absolute Gasteiger partial charge is 0.278 e. The van der Waals surface area contributed by atoms with Crippen molar-refractivity contribution in [3.05, 3.63) is 88.3 Å². The molecule has 0 amide bonds. The molecule has 0 N–H and O–H groups in total. The van der Waals surface area contributed by atoms with Crippen molar-refractivity contribution in [1.82, 2.24) is 14.6 Å². The Morgan fingerprint density at radius 2 is 1.69 bits per heavy atom. The molecule has 4 rings (SSSR count). The Hall–Kier alpha value is -3.37. The summed E-state index contributed by atoms with van der Waals surface area (Å²) in [6.45, 7) is 0. The van der Waals surface area contributed by atoms with E-state index in [0.29, 0.717) is 22.6 Å². The van der Waals surface area contributed by atoms with Crippen molar-refractivity contribution < 1.29 is 13.2 Å². The molecule has 4 aromatic rings. The number of halogens is 4. The summed E-state index contributed by atoms with van der Waals surface area (Å²) in [7, 11) is 0. The fourth-order valence-corrected chi connectivity index (χ4v) is 3.27. The minimum atomic E-state index is -4.58. The van der Waals surface area contributed by atoms with Gasteiger partial charge in [-0.25, -0.2) is 0 Å². The van der Waals surface area contributed by atoms with Crippen LogP contribution in [0, 0.1) is 11.3 Å². The first-order chi connectivity index (χ1) is 13.8. The molecule has 0 saturated heterocycles. The summed E-state index contributed by atoms with van der Waals surface area (Å²) in [5, 5.41) is 16.6. The van der Waals surface area contributed by atoms with Crippen LogP contribution in [0.2, 0.25) is 5.02 Å². The third kappa shape index (κ3) is 3.80. The predicted octanol–water partition coefficient (Wildman–Crippen LogP) is 5.53. The summed E-state index contributed by atoms with van der Waals surface area (Å²) >= 11 is 5.93. The number of nitriles is 1. The Labute approximate surface area is 168 Å². The first kappa shape index (κ1) is 19.0. The molecule has 2 aromatic heterocycles. The lowest BCUT2D eigenvalue weighted by molar-refractivity contribution is -0.145. The molecule has 0 aliphatic rings. The number of fused-ring (bicyclic) bond motifs is 1. The highest BCUT2D eigenvalue weighted by Gasteiger charge is 2.36. The Balaban J connectivity index is 1.64. The molecule has 4 nitrogen and oxygen atoms in total. The highest BCUT2D eigenvalue weighted by Crippen LogP contribution is 2.29. The number of benzene rings is 2. The fraction of sp³-hybridized carbons (Fsp3) is 0.0952. The second kappa shape index (κ2) is 7.22. The standard InChI is InChI=1S/C21H12ClF3N4/c22-18-7-5-15(17(10-18)11-26)9-13-1-3-14(4-2-13)16-6-8-19-27-28-20(21(23,24)25)29(19)12-16/h1-8,10,12H,9H2. The molecule has 0 aliphatic carbocycles. The van der Waals surface area contributed by atoms with Crippen molar-refractivity contribution in [3.63, 3.8) is 0 Å². The van der Waals surface area contributed by atoms with Gasteiger partial charge in [-0.15, -0.1) is 10.2 Å². The topological polar surface area (TPSA) is 54.0 Å². The lowest BCUT2D eigenvalue weighted by Gasteiger charge is -2.08. The van der Waals surface area contributed by atoms with Gasteiger partial charge >= 0.3 is 6.18 Å². The van der Waals surface area contributed by atoms with Crippen LogP contribution in [0.15, 0.2) is 60.8 Å². The second-order valence-corrected chi connectivity index (χ2v) is 6.89. The number of hydrogen-bond donors (Lipinski definition) is 0. The number of rotatable bonds is 3. The van der Waals surface area contributed by atoms with Crippen molar-refractivity contribution >= 4 is 17.2 Å². The minimum Gasteiger partial charge on any atom is -0.278 e. The van der Waals surface area contributed by atoms with Gasteiger partial charge in [0.1, 0.15) is 0 Å². The van der Waals surface area contributed by atoms with E-state index in [0.717, 1.165) is 21.1 Å². The molecule has 8 heteroatoms. The van der Waals surface area contributed by atoms with Crippen LogP contribution in [0.5, 0.6) is 0 Å². The SMILES string of the molecule is N#Cc1cc(Cl)ccc1Cc1ccc(-c2ccc3nnc(C(F)(F)F)n3c2)cc1. The van der Waals surface area contributed by atoms with Crippen LogP contribution in [0.4, 0.5) is 13.2 Å². The van der Waals surface area contributed by atoms with Gasteiger partial charge in [-0.05, 0) is 52.9 Å². The zero-order valence-corrected chi connectivity index (χ0v) is 15.5. The quantitative estimate of drug-likeness (QED) is 0.444. The third-order valence-corrected chi connectivity index (χ3v) is 4.77. The third-order valence-electron chi connectivity index (χ3n) is 4.53. The molecule has 0 aliphatic heterocycles. The van der Waals surface area contributed by atoms with E-state index < -0.39 is 12.0 Å². The normalized spacial score (nSPS) is 11.6. The number of hydrogen-bond acceptors (Lipinski definition) is 3. The van der Waals surface area contributed by atoms with E-state index in [9.17, 15) is 18.4 Å². The second-order valence-electron chi connectivity index (χ2n) is 6.45. The molecule has 0 unspecified atom stereocenters. The Bertz CT molecular complexity index is 1240. The van der Waals surface area contributed by atoms with Crippen molar-refractivity contribution in [2.45, 2.75) is 12.6 Å². The highest BCUT2D eigenvalue weighted by atomic mass is 35.5. The predicted molar refractivity (Wildman–Crippen MR) is 102 cm³/mol. The zero-order valence-electron chi connectivity index (χ0n) is 14.8. The maximum Gasteiger partial charge on any atom is 0.452 e. The van der Waals surface area contributed by atoms with Gasteiger partial charge in [0.2, 0.25) is 5.82 Å². The number of aromatic nitrogens is 3. The first-order valence-corrected chi connectivity index (χ1v) is 8.93. The van der Waals surface area contributed by atoms with Crippen molar-refractivity contribution in [3.8, 4) is 17.2 Å². The van der Waals surface area contributed by atoms with E-state index >= 15 is 0 Å². The van der Waals surface area contributed by atoms with Crippen molar-refractivity contribution in [1.29, 1.82) is 5.26 Å². The van der Waals surface area contributed by atoms with E-state index in [2.05, 4.69) is 16.3 Å². The van der Waals surface area contributed by atoms with E-state index in [-0.39, 0.29) is 5.65 Å². The highest BCUT2D eigenvalue weighted by molar-refractivity contribution is 6.30. The van der Waals surface area contributed by atoms with Gasteiger partial charge < -0.3 is 0 Å². The lowest BCUT2D eigenvalue weighted by Crippen LogP contribution is -2.10. The molecular weight excluding hydrogens is 401 g/mol. The maximum atomic E-state index is 13.1. The molecule has 0 spiro atoms. The van der Waals surface area contributed by atoms with E-state index in [1.165, 1.54) is 12.3 Å². The fourth-order valence-electron chi connectivity index (χ4n) is 3.10. The van der Waals surface area contributed by atoms with E-state index in [1.807, 2.05) is 30.3 Å². The molecule has 29 heavy (non-hydrogen) atoms. The van der Waals surface area contributed by atoms with Crippen LogP contribution < -0.4 is 0 Å². The van der Waals surface area contributed by atoms with Gasteiger partial charge in [0, 0.05) is 11.2 Å².